The molecule has 2 aromatic carbocycles. The molecule has 0 aliphatic carbocycles. The first kappa shape index (κ1) is 13.4. The van der Waals surface area contributed by atoms with E-state index < -0.39 is 12.0 Å². The first-order valence-corrected chi connectivity index (χ1v) is 5.99. The van der Waals surface area contributed by atoms with Gasteiger partial charge < -0.3 is 0 Å². The number of carbonyl (C=O) groups excluding carboxylic acids is 2. The SMILES string of the molecule is O=Cc1ccc(Cl)cc1C(F)C(=O)c1ccccc1. The van der Waals surface area contributed by atoms with E-state index in [0.29, 0.717) is 6.29 Å². The predicted molar refractivity (Wildman–Crippen MR) is 71.5 cm³/mol. The molecule has 0 aliphatic heterocycles. The number of hydrogen-bond acceptors (Lipinski definition) is 2. The maximum Gasteiger partial charge on any atom is 0.201 e. The minimum Gasteiger partial charge on any atom is -0.298 e. The Hall–Kier alpha value is -2.00. The Kier molecular flexibility index (Phi) is 4.07. The van der Waals surface area contributed by atoms with E-state index in [4.69, 9.17) is 11.6 Å². The van der Waals surface area contributed by atoms with E-state index in [1.807, 2.05) is 0 Å². The van der Waals surface area contributed by atoms with Crippen molar-refractivity contribution in [2.45, 2.75) is 6.17 Å². The van der Waals surface area contributed by atoms with Crippen molar-refractivity contribution >= 4 is 23.7 Å². The smallest absolute Gasteiger partial charge is 0.201 e. The minimum atomic E-state index is -1.90. The van der Waals surface area contributed by atoms with E-state index in [0.717, 1.165) is 0 Å². The van der Waals surface area contributed by atoms with Crippen LogP contribution < -0.4 is 0 Å². The van der Waals surface area contributed by atoms with E-state index in [-0.39, 0.29) is 21.7 Å². The monoisotopic (exact) mass is 276 g/mol. The predicted octanol–water partition coefficient (Wildman–Crippen LogP) is 4.05. The summed E-state index contributed by atoms with van der Waals surface area (Å²) in [7, 11) is 0. The largest absolute Gasteiger partial charge is 0.298 e. The number of alkyl halides is 1. The summed E-state index contributed by atoms with van der Waals surface area (Å²) in [4.78, 5) is 22.9. The molecule has 0 spiro atoms. The Balaban J connectivity index is 2.39. The fourth-order valence-electron chi connectivity index (χ4n) is 1.76. The highest BCUT2D eigenvalue weighted by Crippen LogP contribution is 2.27. The number of ketones is 1. The van der Waals surface area contributed by atoms with Crippen molar-refractivity contribution in [1.82, 2.24) is 0 Å². The van der Waals surface area contributed by atoms with Crippen LogP contribution in [-0.4, -0.2) is 12.1 Å². The molecule has 19 heavy (non-hydrogen) atoms. The third-order valence-corrected chi connectivity index (χ3v) is 2.97. The van der Waals surface area contributed by atoms with Gasteiger partial charge in [0.15, 0.2) is 6.17 Å². The topological polar surface area (TPSA) is 34.1 Å². The molecule has 0 amide bonds. The van der Waals surface area contributed by atoms with Gasteiger partial charge in [0.2, 0.25) is 5.78 Å². The van der Waals surface area contributed by atoms with Gasteiger partial charge in [-0.1, -0.05) is 41.9 Å². The van der Waals surface area contributed by atoms with Crippen molar-refractivity contribution in [2.75, 3.05) is 0 Å². The van der Waals surface area contributed by atoms with Crippen molar-refractivity contribution in [2.24, 2.45) is 0 Å². The minimum absolute atomic E-state index is 0.00338. The average molecular weight is 277 g/mol. The van der Waals surface area contributed by atoms with E-state index >= 15 is 0 Å². The zero-order valence-corrected chi connectivity index (χ0v) is 10.6. The molecule has 96 valence electrons. The lowest BCUT2D eigenvalue weighted by Crippen LogP contribution is -2.10. The van der Waals surface area contributed by atoms with Crippen LogP contribution in [0.5, 0.6) is 0 Å². The Labute approximate surface area is 114 Å². The summed E-state index contributed by atoms with van der Waals surface area (Å²) in [5.41, 5.74) is 0.379. The molecule has 0 radical (unpaired) electrons. The molecule has 0 heterocycles. The molecular formula is C15H10ClFO2. The van der Waals surface area contributed by atoms with Crippen LogP contribution >= 0.6 is 11.6 Å². The molecule has 2 nitrogen and oxygen atoms in total. The molecule has 1 atom stereocenters. The van der Waals surface area contributed by atoms with Crippen molar-refractivity contribution in [3.63, 3.8) is 0 Å². The van der Waals surface area contributed by atoms with Gasteiger partial charge in [-0.3, -0.25) is 9.59 Å². The lowest BCUT2D eigenvalue weighted by Gasteiger charge is -2.10. The third-order valence-electron chi connectivity index (χ3n) is 2.74. The van der Waals surface area contributed by atoms with E-state index in [1.54, 1.807) is 18.2 Å². The second-order valence-corrected chi connectivity index (χ2v) is 4.42. The van der Waals surface area contributed by atoms with Gasteiger partial charge in [0.05, 0.1) is 0 Å². The Bertz CT molecular complexity index is 611. The summed E-state index contributed by atoms with van der Waals surface area (Å²) in [6.45, 7) is 0. The number of benzene rings is 2. The van der Waals surface area contributed by atoms with Crippen LogP contribution in [0.3, 0.4) is 0 Å². The van der Waals surface area contributed by atoms with Gasteiger partial charge in [0.1, 0.15) is 6.29 Å². The summed E-state index contributed by atoms with van der Waals surface area (Å²) < 4.78 is 14.3. The first-order chi connectivity index (χ1) is 9.13. The van der Waals surface area contributed by atoms with Gasteiger partial charge in [0, 0.05) is 21.7 Å². The van der Waals surface area contributed by atoms with Crippen LogP contribution in [0.4, 0.5) is 4.39 Å². The Morgan fingerprint density at radius 2 is 1.84 bits per heavy atom. The number of hydrogen-bond donors (Lipinski definition) is 0. The Morgan fingerprint density at radius 1 is 1.16 bits per heavy atom. The average Bonchev–Trinajstić information content (AvgIpc) is 2.46. The normalized spacial score (nSPS) is 11.9. The van der Waals surface area contributed by atoms with Crippen LogP contribution in [0.2, 0.25) is 5.02 Å². The standard InChI is InChI=1S/C15H10ClFO2/c16-12-7-6-11(9-18)13(8-12)14(17)15(19)10-4-2-1-3-5-10/h1-9,14H. The third kappa shape index (κ3) is 2.88. The van der Waals surface area contributed by atoms with Gasteiger partial charge in [-0.25, -0.2) is 4.39 Å². The van der Waals surface area contributed by atoms with E-state index in [9.17, 15) is 14.0 Å². The molecule has 4 heteroatoms. The summed E-state index contributed by atoms with van der Waals surface area (Å²) >= 11 is 5.77. The number of Topliss-reactive ketones (excluding diaryl/α,β-unsaturated/α-hetero) is 1. The van der Waals surface area contributed by atoms with Crippen LogP contribution in [0, 0.1) is 0 Å². The van der Waals surface area contributed by atoms with Crippen LogP contribution in [0.1, 0.15) is 32.5 Å². The molecule has 2 rings (SSSR count). The summed E-state index contributed by atoms with van der Waals surface area (Å²) in [5.74, 6) is -0.689. The maximum absolute atomic E-state index is 14.3. The quantitative estimate of drug-likeness (QED) is 0.624. The van der Waals surface area contributed by atoms with Gasteiger partial charge in [-0.2, -0.15) is 0 Å². The zero-order chi connectivity index (χ0) is 13.8. The van der Waals surface area contributed by atoms with E-state index in [2.05, 4.69) is 0 Å². The highest BCUT2D eigenvalue weighted by atomic mass is 35.5. The molecule has 0 aliphatic rings. The van der Waals surface area contributed by atoms with Crippen LogP contribution in [0.15, 0.2) is 48.5 Å². The molecule has 0 saturated carbocycles. The van der Waals surface area contributed by atoms with E-state index in [1.165, 1.54) is 30.3 Å². The van der Waals surface area contributed by atoms with Gasteiger partial charge in [-0.05, 0) is 18.2 Å². The number of rotatable bonds is 4. The second-order valence-electron chi connectivity index (χ2n) is 3.98. The molecule has 0 aromatic heterocycles. The van der Waals surface area contributed by atoms with Gasteiger partial charge in [-0.15, -0.1) is 0 Å². The number of aldehydes is 1. The fraction of sp³-hybridized carbons (Fsp3) is 0.0667. The molecule has 0 saturated heterocycles. The van der Waals surface area contributed by atoms with Crippen molar-refractivity contribution in [3.05, 3.63) is 70.2 Å². The lowest BCUT2D eigenvalue weighted by atomic mass is 9.97. The zero-order valence-electron chi connectivity index (χ0n) is 9.85. The fourth-order valence-corrected chi connectivity index (χ4v) is 1.94. The number of halogens is 2. The van der Waals surface area contributed by atoms with Crippen LogP contribution in [0.25, 0.3) is 0 Å². The highest BCUT2D eigenvalue weighted by molar-refractivity contribution is 6.30. The number of carbonyl (C=O) groups is 2. The maximum atomic E-state index is 14.3. The van der Waals surface area contributed by atoms with Crippen molar-refractivity contribution < 1.29 is 14.0 Å². The van der Waals surface area contributed by atoms with Gasteiger partial charge >= 0.3 is 0 Å². The molecule has 1 unspecified atom stereocenters. The Morgan fingerprint density at radius 3 is 2.47 bits per heavy atom. The second kappa shape index (κ2) is 5.76. The molecule has 0 fully saturated rings. The van der Waals surface area contributed by atoms with Crippen LogP contribution in [-0.2, 0) is 0 Å². The summed E-state index contributed by atoms with van der Waals surface area (Å²) in [6.07, 6.45) is -1.39. The molecule has 2 aromatic rings. The highest BCUT2D eigenvalue weighted by Gasteiger charge is 2.23. The van der Waals surface area contributed by atoms with Crippen molar-refractivity contribution in [3.8, 4) is 0 Å². The summed E-state index contributed by atoms with van der Waals surface area (Å²) in [6, 6.07) is 12.3. The molecule has 0 N–H and O–H groups in total. The first-order valence-electron chi connectivity index (χ1n) is 5.61. The van der Waals surface area contributed by atoms with Gasteiger partial charge in [0.25, 0.3) is 0 Å². The molecule has 0 bridgehead atoms. The van der Waals surface area contributed by atoms with Crippen molar-refractivity contribution in [1.29, 1.82) is 0 Å². The summed E-state index contributed by atoms with van der Waals surface area (Å²) in [5, 5.41) is 0.282. The lowest BCUT2D eigenvalue weighted by molar-refractivity contribution is 0.0877. The molecular weight excluding hydrogens is 267 g/mol.